The molecule has 2 N–H and O–H groups in total. The number of alkyl halides is 3. The van der Waals surface area contributed by atoms with Gasteiger partial charge in [-0.2, -0.15) is 13.2 Å². The second-order valence-corrected chi connectivity index (χ2v) is 1.94. The molecule has 1 aromatic rings. The Kier molecular flexibility index (Phi) is 3.95. The van der Waals surface area contributed by atoms with Crippen molar-refractivity contribution in [1.29, 1.82) is 0 Å². The molecule has 1 aromatic heterocycles. The molecule has 0 aromatic carbocycles. The number of aromatic carboxylic acids is 1. The number of nitrogens with one attached hydrogen (secondary N) is 1. The van der Waals surface area contributed by atoms with Crippen LogP contribution in [0.15, 0.2) is 6.20 Å². The predicted molar refractivity (Wildman–Crippen MR) is 37.7 cm³/mol. The summed E-state index contributed by atoms with van der Waals surface area (Å²) >= 11 is 0. The van der Waals surface area contributed by atoms with Gasteiger partial charge in [-0.15, -0.1) is 0 Å². The number of H-pyrrole nitrogens is 1. The molecule has 4 nitrogen and oxygen atoms in total. The zero-order chi connectivity index (χ0) is 9.35. The van der Waals surface area contributed by atoms with Gasteiger partial charge in [0.05, 0.1) is 0 Å². The molecule has 0 fully saturated rings. The van der Waals surface area contributed by atoms with Crippen LogP contribution in [0.5, 0.6) is 0 Å². The SMILES string of the molecule is O=C(O)c1nc(C(F)(F)F)c[nH]1.[NaH]. The van der Waals surface area contributed by atoms with Crippen molar-refractivity contribution in [3.05, 3.63) is 17.7 Å². The second-order valence-electron chi connectivity index (χ2n) is 1.94. The molecule has 0 radical (unpaired) electrons. The number of halogens is 3. The van der Waals surface area contributed by atoms with E-state index in [1.807, 2.05) is 4.98 Å². The minimum atomic E-state index is -4.61. The number of carbonyl (C=O) groups is 1. The first kappa shape index (κ1) is 12.5. The molecule has 0 amide bonds. The van der Waals surface area contributed by atoms with Gasteiger partial charge in [0, 0.05) is 6.20 Å². The van der Waals surface area contributed by atoms with E-state index in [2.05, 4.69) is 4.98 Å². The molecule has 0 saturated heterocycles. The van der Waals surface area contributed by atoms with E-state index in [-0.39, 0.29) is 29.6 Å². The van der Waals surface area contributed by atoms with Gasteiger partial charge in [0.15, 0.2) is 5.69 Å². The van der Waals surface area contributed by atoms with Crippen LogP contribution in [-0.2, 0) is 6.18 Å². The van der Waals surface area contributed by atoms with Crippen LogP contribution < -0.4 is 0 Å². The van der Waals surface area contributed by atoms with Crippen molar-refractivity contribution in [2.45, 2.75) is 6.18 Å². The van der Waals surface area contributed by atoms with Crippen molar-refractivity contribution < 1.29 is 23.1 Å². The molecular formula is C5H4F3N2NaO2. The number of hydrogen-bond donors (Lipinski definition) is 2. The van der Waals surface area contributed by atoms with Crippen molar-refractivity contribution >= 4 is 35.5 Å². The van der Waals surface area contributed by atoms with Crippen LogP contribution in [0.3, 0.4) is 0 Å². The number of carboxylic acid groups (broad SMARTS) is 1. The number of rotatable bonds is 1. The summed E-state index contributed by atoms with van der Waals surface area (Å²) in [6, 6.07) is 0. The van der Waals surface area contributed by atoms with E-state index in [0.717, 1.165) is 0 Å². The maximum absolute atomic E-state index is 11.8. The van der Waals surface area contributed by atoms with Crippen molar-refractivity contribution in [1.82, 2.24) is 9.97 Å². The summed E-state index contributed by atoms with van der Waals surface area (Å²) in [5.41, 5.74) is -1.24. The van der Waals surface area contributed by atoms with Crippen LogP contribution in [0.25, 0.3) is 0 Å². The van der Waals surface area contributed by atoms with Crippen molar-refractivity contribution in [2.24, 2.45) is 0 Å². The van der Waals surface area contributed by atoms with Crippen molar-refractivity contribution in [3.63, 3.8) is 0 Å². The minimum absolute atomic E-state index is 0. The molecule has 13 heavy (non-hydrogen) atoms. The van der Waals surface area contributed by atoms with Crippen LogP contribution >= 0.6 is 0 Å². The third kappa shape index (κ3) is 3.02. The van der Waals surface area contributed by atoms with Gasteiger partial charge in [-0.25, -0.2) is 9.78 Å². The Bertz CT molecular complexity index is 309. The molecule has 1 rings (SSSR count). The number of carboxylic acids is 1. The first-order valence-corrected chi connectivity index (χ1v) is 2.77. The van der Waals surface area contributed by atoms with Gasteiger partial charge in [-0.05, 0) is 0 Å². The normalized spacial score (nSPS) is 10.7. The Hall–Kier alpha value is -0.530. The Balaban J connectivity index is 0.00000144. The summed E-state index contributed by atoms with van der Waals surface area (Å²) in [5, 5.41) is 8.20. The molecule has 0 unspecified atom stereocenters. The fraction of sp³-hybridized carbons (Fsp3) is 0.200. The van der Waals surface area contributed by atoms with E-state index >= 15 is 0 Å². The third-order valence-electron chi connectivity index (χ3n) is 1.07. The number of aromatic nitrogens is 2. The molecule has 68 valence electrons. The second kappa shape index (κ2) is 4.12. The first-order chi connectivity index (χ1) is 5.41. The average Bonchev–Trinajstić information content (AvgIpc) is 2.30. The Labute approximate surface area is 92.5 Å². The zero-order valence-electron chi connectivity index (χ0n) is 5.51. The van der Waals surface area contributed by atoms with Gasteiger partial charge in [0.1, 0.15) is 0 Å². The Morgan fingerprint density at radius 1 is 1.54 bits per heavy atom. The number of nitrogens with zero attached hydrogens (tertiary/aromatic N) is 1. The van der Waals surface area contributed by atoms with Crippen molar-refractivity contribution in [2.75, 3.05) is 0 Å². The quantitative estimate of drug-likeness (QED) is 0.653. The zero-order valence-corrected chi connectivity index (χ0v) is 5.51. The van der Waals surface area contributed by atoms with Gasteiger partial charge in [0.25, 0.3) is 0 Å². The first-order valence-electron chi connectivity index (χ1n) is 2.77. The topological polar surface area (TPSA) is 66.0 Å². The standard InChI is InChI=1S/C5H3F3N2O2.Na.H/c6-5(7,8)2-1-9-3(10-2)4(11)12;;/h1H,(H,9,10)(H,11,12);;. The van der Waals surface area contributed by atoms with Gasteiger partial charge >= 0.3 is 41.7 Å². The van der Waals surface area contributed by atoms with E-state index in [4.69, 9.17) is 5.11 Å². The van der Waals surface area contributed by atoms with Crippen LogP contribution in [-0.4, -0.2) is 50.6 Å². The average molecular weight is 204 g/mol. The summed E-state index contributed by atoms with van der Waals surface area (Å²) in [6.07, 6.45) is -4.10. The predicted octanol–water partition coefficient (Wildman–Crippen LogP) is 0.478. The number of hydrogen-bond acceptors (Lipinski definition) is 2. The molecule has 0 aliphatic heterocycles. The molecule has 8 heteroatoms. The van der Waals surface area contributed by atoms with Gasteiger partial charge < -0.3 is 10.1 Å². The van der Waals surface area contributed by atoms with E-state index < -0.39 is 23.7 Å². The Morgan fingerprint density at radius 3 is 2.31 bits per heavy atom. The summed E-state index contributed by atoms with van der Waals surface area (Å²) in [5.74, 6) is -2.24. The van der Waals surface area contributed by atoms with E-state index in [0.29, 0.717) is 6.20 Å². The molecule has 0 aliphatic rings. The van der Waals surface area contributed by atoms with Crippen molar-refractivity contribution in [3.8, 4) is 0 Å². The van der Waals surface area contributed by atoms with E-state index in [1.165, 1.54) is 0 Å². The number of imidazole rings is 1. The summed E-state index contributed by atoms with van der Waals surface area (Å²) in [6.45, 7) is 0. The molecule has 0 atom stereocenters. The van der Waals surface area contributed by atoms with Gasteiger partial charge in [0.2, 0.25) is 5.82 Å². The number of aromatic amines is 1. The molecule has 0 spiro atoms. The van der Waals surface area contributed by atoms with Gasteiger partial charge in [-0.1, -0.05) is 0 Å². The fourth-order valence-corrected chi connectivity index (χ4v) is 0.576. The summed E-state index contributed by atoms with van der Waals surface area (Å²) in [4.78, 5) is 14.8. The molecule has 1 heterocycles. The molecule has 0 aliphatic carbocycles. The summed E-state index contributed by atoms with van der Waals surface area (Å²) in [7, 11) is 0. The Morgan fingerprint density at radius 2 is 2.08 bits per heavy atom. The van der Waals surface area contributed by atoms with Crippen LogP contribution in [0.2, 0.25) is 0 Å². The van der Waals surface area contributed by atoms with Crippen LogP contribution in [0, 0.1) is 0 Å². The van der Waals surface area contributed by atoms with Crippen LogP contribution in [0.4, 0.5) is 13.2 Å². The fourth-order valence-electron chi connectivity index (χ4n) is 0.576. The molecular weight excluding hydrogens is 200 g/mol. The maximum atomic E-state index is 11.8. The third-order valence-corrected chi connectivity index (χ3v) is 1.07. The van der Waals surface area contributed by atoms with E-state index in [9.17, 15) is 18.0 Å². The molecule has 0 saturated carbocycles. The summed E-state index contributed by atoms with van der Waals surface area (Å²) < 4.78 is 35.4. The van der Waals surface area contributed by atoms with E-state index in [1.54, 1.807) is 0 Å². The monoisotopic (exact) mass is 204 g/mol. The van der Waals surface area contributed by atoms with Crippen LogP contribution in [0.1, 0.15) is 16.3 Å². The molecule has 0 bridgehead atoms. The van der Waals surface area contributed by atoms with Gasteiger partial charge in [-0.3, -0.25) is 0 Å².